The molecule has 70 valence electrons. The highest BCUT2D eigenvalue weighted by atomic mass is 16.3. The summed E-state index contributed by atoms with van der Waals surface area (Å²) in [7, 11) is 0. The minimum atomic E-state index is 0.0938. The lowest BCUT2D eigenvalue weighted by atomic mass is 9.89. The van der Waals surface area contributed by atoms with E-state index >= 15 is 0 Å². The number of likely N-dealkylation sites (tertiary alicyclic amines) is 1. The monoisotopic (exact) mass is 169 g/mol. The van der Waals surface area contributed by atoms with Crippen molar-refractivity contribution in [2.45, 2.75) is 26.7 Å². The van der Waals surface area contributed by atoms with Crippen LogP contribution >= 0.6 is 0 Å². The molecule has 1 aliphatic heterocycles. The Morgan fingerprint density at radius 2 is 1.92 bits per heavy atom. The fourth-order valence-electron chi connectivity index (χ4n) is 2.16. The van der Waals surface area contributed by atoms with Crippen LogP contribution < -0.4 is 0 Å². The van der Waals surface area contributed by atoms with Crippen LogP contribution in [0.5, 0.6) is 0 Å². The third kappa shape index (κ3) is 1.50. The van der Waals surface area contributed by atoms with Crippen LogP contribution in [0.2, 0.25) is 0 Å². The highest BCUT2D eigenvalue weighted by Gasteiger charge is 2.52. The minimum Gasteiger partial charge on any atom is -0.396 e. The van der Waals surface area contributed by atoms with Crippen molar-refractivity contribution in [3.05, 3.63) is 0 Å². The maximum atomic E-state index is 9.08. The lowest BCUT2D eigenvalue weighted by molar-refractivity contribution is 0.0220. The third-order valence-electron chi connectivity index (χ3n) is 3.15. The molecule has 0 aromatic carbocycles. The Bertz CT molecular complexity index is 176. The molecule has 12 heavy (non-hydrogen) atoms. The van der Waals surface area contributed by atoms with Crippen LogP contribution in [0.3, 0.4) is 0 Å². The molecule has 2 heteroatoms. The standard InChI is InChI=1S/C10H19NO/c1-9(2,8-12)5-11-6-10(7-11)3-4-10/h12H,3-8H2,1-2H3. The average molecular weight is 169 g/mol. The summed E-state index contributed by atoms with van der Waals surface area (Å²) in [6.45, 7) is 8.20. The van der Waals surface area contributed by atoms with Gasteiger partial charge in [0.15, 0.2) is 0 Å². The molecular weight excluding hydrogens is 150 g/mol. The fraction of sp³-hybridized carbons (Fsp3) is 1.00. The second-order valence-electron chi connectivity index (χ2n) is 5.47. The van der Waals surface area contributed by atoms with Gasteiger partial charge in [-0.3, -0.25) is 0 Å². The topological polar surface area (TPSA) is 23.5 Å². The Hall–Kier alpha value is -0.0800. The fourth-order valence-corrected chi connectivity index (χ4v) is 2.16. The molecule has 2 nitrogen and oxygen atoms in total. The Balaban J connectivity index is 1.75. The van der Waals surface area contributed by atoms with Crippen molar-refractivity contribution in [3.8, 4) is 0 Å². The summed E-state index contributed by atoms with van der Waals surface area (Å²) in [5.74, 6) is 0. The number of aliphatic hydroxyl groups excluding tert-OH is 1. The molecule has 0 atom stereocenters. The lowest BCUT2D eigenvalue weighted by Gasteiger charge is -2.43. The summed E-state index contributed by atoms with van der Waals surface area (Å²) < 4.78 is 0. The van der Waals surface area contributed by atoms with Gasteiger partial charge in [-0.1, -0.05) is 13.8 Å². The number of nitrogens with zero attached hydrogens (tertiary/aromatic N) is 1. The van der Waals surface area contributed by atoms with Gasteiger partial charge in [0.05, 0.1) is 0 Å². The lowest BCUT2D eigenvalue weighted by Crippen LogP contribution is -2.52. The second kappa shape index (κ2) is 2.46. The Morgan fingerprint density at radius 3 is 2.33 bits per heavy atom. The Kier molecular flexibility index (Phi) is 1.74. The van der Waals surface area contributed by atoms with Crippen LogP contribution in [0.4, 0.5) is 0 Å². The molecule has 2 aliphatic rings. The molecule has 1 saturated carbocycles. The van der Waals surface area contributed by atoms with Crippen LogP contribution in [-0.2, 0) is 0 Å². The molecule has 0 aromatic heterocycles. The van der Waals surface area contributed by atoms with Crippen molar-refractivity contribution < 1.29 is 5.11 Å². The molecule has 1 aliphatic carbocycles. The molecule has 0 radical (unpaired) electrons. The molecular formula is C10H19NO. The van der Waals surface area contributed by atoms with E-state index < -0.39 is 0 Å². The van der Waals surface area contributed by atoms with Gasteiger partial charge in [0, 0.05) is 31.7 Å². The van der Waals surface area contributed by atoms with Crippen molar-refractivity contribution >= 4 is 0 Å². The molecule has 2 fully saturated rings. The van der Waals surface area contributed by atoms with Gasteiger partial charge >= 0.3 is 0 Å². The smallest absolute Gasteiger partial charge is 0.0494 e. The maximum Gasteiger partial charge on any atom is 0.0494 e. The van der Waals surface area contributed by atoms with Gasteiger partial charge in [0.25, 0.3) is 0 Å². The first-order valence-electron chi connectivity index (χ1n) is 4.89. The summed E-state index contributed by atoms with van der Waals surface area (Å²) >= 11 is 0. The Labute approximate surface area is 74.6 Å². The van der Waals surface area contributed by atoms with E-state index in [0.717, 1.165) is 12.0 Å². The maximum absolute atomic E-state index is 9.08. The van der Waals surface area contributed by atoms with E-state index in [4.69, 9.17) is 5.11 Å². The zero-order chi connectivity index (χ0) is 8.82. The molecule has 2 rings (SSSR count). The molecule has 0 aromatic rings. The van der Waals surface area contributed by atoms with Crippen molar-refractivity contribution in [2.24, 2.45) is 10.8 Å². The van der Waals surface area contributed by atoms with Crippen LogP contribution in [0.15, 0.2) is 0 Å². The van der Waals surface area contributed by atoms with E-state index in [0.29, 0.717) is 6.61 Å². The van der Waals surface area contributed by atoms with E-state index in [1.165, 1.54) is 25.9 Å². The van der Waals surface area contributed by atoms with Crippen molar-refractivity contribution in [1.82, 2.24) is 4.90 Å². The van der Waals surface area contributed by atoms with Crippen molar-refractivity contribution in [3.63, 3.8) is 0 Å². The number of aliphatic hydroxyl groups is 1. The third-order valence-corrected chi connectivity index (χ3v) is 3.15. The summed E-state index contributed by atoms with van der Waals surface area (Å²) in [6, 6.07) is 0. The minimum absolute atomic E-state index is 0.0938. The molecule has 1 heterocycles. The largest absolute Gasteiger partial charge is 0.396 e. The van der Waals surface area contributed by atoms with Gasteiger partial charge in [-0.05, 0) is 18.3 Å². The van der Waals surface area contributed by atoms with Gasteiger partial charge in [-0.2, -0.15) is 0 Å². The summed E-state index contributed by atoms with van der Waals surface area (Å²) in [4.78, 5) is 2.48. The summed E-state index contributed by atoms with van der Waals surface area (Å²) in [6.07, 6.45) is 2.89. The first-order chi connectivity index (χ1) is 5.55. The van der Waals surface area contributed by atoms with Crippen molar-refractivity contribution in [2.75, 3.05) is 26.2 Å². The average Bonchev–Trinajstić information content (AvgIpc) is 2.66. The number of hydrogen-bond acceptors (Lipinski definition) is 2. The van der Waals surface area contributed by atoms with Gasteiger partial charge in [0.1, 0.15) is 0 Å². The highest BCUT2D eigenvalue weighted by molar-refractivity contribution is 5.05. The van der Waals surface area contributed by atoms with E-state index in [-0.39, 0.29) is 5.41 Å². The number of rotatable bonds is 3. The second-order valence-corrected chi connectivity index (χ2v) is 5.47. The van der Waals surface area contributed by atoms with Crippen LogP contribution in [-0.4, -0.2) is 36.2 Å². The van der Waals surface area contributed by atoms with Crippen molar-refractivity contribution in [1.29, 1.82) is 0 Å². The van der Waals surface area contributed by atoms with Gasteiger partial charge in [-0.15, -0.1) is 0 Å². The summed E-state index contributed by atoms with van der Waals surface area (Å²) in [5, 5.41) is 9.08. The molecule has 1 saturated heterocycles. The van der Waals surface area contributed by atoms with E-state index in [1.54, 1.807) is 0 Å². The Morgan fingerprint density at radius 1 is 1.33 bits per heavy atom. The van der Waals surface area contributed by atoms with E-state index in [2.05, 4.69) is 18.7 Å². The van der Waals surface area contributed by atoms with Gasteiger partial charge < -0.3 is 10.0 Å². The first kappa shape index (κ1) is 8.52. The van der Waals surface area contributed by atoms with Gasteiger partial charge in [0.2, 0.25) is 0 Å². The number of hydrogen-bond donors (Lipinski definition) is 1. The predicted molar refractivity (Wildman–Crippen MR) is 49.0 cm³/mol. The molecule has 0 unspecified atom stereocenters. The van der Waals surface area contributed by atoms with Gasteiger partial charge in [-0.25, -0.2) is 0 Å². The van der Waals surface area contributed by atoms with Crippen LogP contribution in [0.25, 0.3) is 0 Å². The molecule has 0 amide bonds. The normalized spacial score (nSPS) is 27.2. The molecule has 0 bridgehead atoms. The summed E-state index contributed by atoms with van der Waals surface area (Å²) in [5.41, 5.74) is 0.849. The van der Waals surface area contributed by atoms with Crippen LogP contribution in [0, 0.1) is 10.8 Å². The zero-order valence-electron chi connectivity index (χ0n) is 8.14. The van der Waals surface area contributed by atoms with E-state index in [9.17, 15) is 0 Å². The molecule has 1 spiro atoms. The van der Waals surface area contributed by atoms with E-state index in [1.807, 2.05) is 0 Å². The highest BCUT2D eigenvalue weighted by Crippen LogP contribution is 2.53. The zero-order valence-corrected chi connectivity index (χ0v) is 8.14. The first-order valence-corrected chi connectivity index (χ1v) is 4.89. The quantitative estimate of drug-likeness (QED) is 0.684. The SMILES string of the molecule is CC(C)(CO)CN1CC2(CC2)C1. The predicted octanol–water partition coefficient (Wildman–Crippen LogP) is 1.10. The molecule has 1 N–H and O–H groups in total. The van der Waals surface area contributed by atoms with Crippen LogP contribution in [0.1, 0.15) is 26.7 Å².